The van der Waals surface area contributed by atoms with E-state index < -0.39 is 0 Å². The summed E-state index contributed by atoms with van der Waals surface area (Å²) in [7, 11) is 0. The number of aryl methyl sites for hydroxylation is 1. The van der Waals surface area contributed by atoms with Crippen molar-refractivity contribution >= 4 is 5.91 Å². The van der Waals surface area contributed by atoms with E-state index >= 15 is 0 Å². The van der Waals surface area contributed by atoms with Gasteiger partial charge in [-0.25, -0.2) is 9.67 Å². The Bertz CT molecular complexity index is 1110. The van der Waals surface area contributed by atoms with Crippen LogP contribution in [0.5, 0.6) is 0 Å². The molecule has 1 N–H and O–H groups in total. The van der Waals surface area contributed by atoms with Gasteiger partial charge in [0.05, 0.1) is 12.2 Å². The Morgan fingerprint density at radius 2 is 2.23 bits per heavy atom. The van der Waals surface area contributed by atoms with E-state index in [-0.39, 0.29) is 16.9 Å². The lowest BCUT2D eigenvalue weighted by atomic mass is 9.77. The molecule has 3 aromatic rings. The SMILES string of the molecule is O=C(CCn1cnnn1)N1CCCC2(CCc3c2nc(-c2cccnc2)[nH]c3=O)C1. The van der Waals surface area contributed by atoms with Crippen LogP contribution in [0, 0.1) is 0 Å². The molecule has 3 aromatic heterocycles. The summed E-state index contributed by atoms with van der Waals surface area (Å²) < 4.78 is 1.56. The number of tetrazole rings is 1. The lowest BCUT2D eigenvalue weighted by molar-refractivity contribution is -0.133. The predicted octanol–water partition coefficient (Wildman–Crippen LogP) is 0.715. The van der Waals surface area contributed by atoms with Crippen molar-refractivity contribution in [2.75, 3.05) is 13.1 Å². The predicted molar refractivity (Wildman–Crippen MR) is 106 cm³/mol. The Morgan fingerprint density at radius 3 is 3.03 bits per heavy atom. The molecule has 154 valence electrons. The minimum atomic E-state index is -0.261. The van der Waals surface area contributed by atoms with E-state index in [2.05, 4.69) is 25.5 Å². The quantitative estimate of drug-likeness (QED) is 0.677. The minimum absolute atomic E-state index is 0.0790. The fourth-order valence-corrected chi connectivity index (χ4v) is 4.68. The monoisotopic (exact) mass is 406 g/mol. The van der Waals surface area contributed by atoms with Gasteiger partial charge < -0.3 is 9.88 Å². The first kappa shape index (κ1) is 18.6. The van der Waals surface area contributed by atoms with Crippen LogP contribution in [0.15, 0.2) is 35.6 Å². The normalized spacial score (nSPS) is 20.5. The van der Waals surface area contributed by atoms with E-state index in [1.807, 2.05) is 17.0 Å². The molecule has 1 aliphatic heterocycles. The molecule has 1 fully saturated rings. The highest BCUT2D eigenvalue weighted by molar-refractivity contribution is 5.76. The summed E-state index contributed by atoms with van der Waals surface area (Å²) in [4.78, 5) is 39.4. The average Bonchev–Trinajstić information content (AvgIpc) is 3.42. The van der Waals surface area contributed by atoms with Gasteiger partial charge in [-0.1, -0.05) is 0 Å². The number of rotatable bonds is 4. The molecule has 0 saturated carbocycles. The van der Waals surface area contributed by atoms with Gasteiger partial charge >= 0.3 is 0 Å². The number of pyridine rings is 1. The lowest BCUT2D eigenvalue weighted by Gasteiger charge is -2.40. The molecule has 4 heterocycles. The number of fused-ring (bicyclic) bond motifs is 2. The number of H-pyrrole nitrogens is 1. The molecule has 1 spiro atoms. The molecule has 1 aliphatic carbocycles. The van der Waals surface area contributed by atoms with Gasteiger partial charge in [0.15, 0.2) is 0 Å². The maximum Gasteiger partial charge on any atom is 0.254 e. The fourth-order valence-electron chi connectivity index (χ4n) is 4.68. The summed E-state index contributed by atoms with van der Waals surface area (Å²) >= 11 is 0. The summed E-state index contributed by atoms with van der Waals surface area (Å²) in [6, 6.07) is 3.71. The third kappa shape index (κ3) is 3.27. The van der Waals surface area contributed by atoms with Crippen LogP contribution in [0.25, 0.3) is 11.4 Å². The summed E-state index contributed by atoms with van der Waals surface area (Å²) in [5.74, 6) is 0.616. The van der Waals surface area contributed by atoms with E-state index in [0.717, 1.165) is 42.6 Å². The number of nitrogens with zero attached hydrogens (tertiary/aromatic N) is 7. The van der Waals surface area contributed by atoms with Gasteiger partial charge in [-0.2, -0.15) is 0 Å². The van der Waals surface area contributed by atoms with Gasteiger partial charge in [0, 0.05) is 48.4 Å². The molecule has 2 aliphatic rings. The second kappa shape index (κ2) is 7.43. The van der Waals surface area contributed by atoms with Crippen LogP contribution < -0.4 is 5.56 Å². The maximum atomic E-state index is 12.8. The summed E-state index contributed by atoms with van der Waals surface area (Å²) in [5.41, 5.74) is 2.04. The van der Waals surface area contributed by atoms with Crippen molar-refractivity contribution in [3.8, 4) is 11.4 Å². The number of carbonyl (C=O) groups excluding carboxylic acids is 1. The minimum Gasteiger partial charge on any atom is -0.342 e. The number of piperidine rings is 1. The molecule has 1 amide bonds. The zero-order chi connectivity index (χ0) is 20.6. The molecule has 0 bridgehead atoms. The van der Waals surface area contributed by atoms with Gasteiger partial charge in [-0.3, -0.25) is 14.6 Å². The van der Waals surface area contributed by atoms with Gasteiger partial charge in [-0.15, -0.1) is 5.10 Å². The standard InChI is InChI=1S/C20H22N8O2/c29-16(5-10-28-13-22-25-26-28)27-9-2-6-20(12-27)7-4-15-17(20)23-18(24-19(15)30)14-3-1-8-21-11-14/h1,3,8,11,13H,2,4-7,9-10,12H2,(H,23,24,30). The third-order valence-corrected chi connectivity index (χ3v) is 6.18. The first-order valence-electron chi connectivity index (χ1n) is 10.2. The van der Waals surface area contributed by atoms with Crippen molar-refractivity contribution in [3.63, 3.8) is 0 Å². The summed E-state index contributed by atoms with van der Waals surface area (Å²) in [6.45, 7) is 1.77. The zero-order valence-corrected chi connectivity index (χ0v) is 16.5. The summed E-state index contributed by atoms with van der Waals surface area (Å²) in [5, 5.41) is 11.0. The van der Waals surface area contributed by atoms with Crippen LogP contribution in [0.3, 0.4) is 0 Å². The van der Waals surface area contributed by atoms with E-state index in [0.29, 0.717) is 31.8 Å². The topological polar surface area (TPSA) is 123 Å². The molecule has 5 rings (SSSR count). The van der Waals surface area contributed by atoms with Crippen LogP contribution in [-0.2, 0) is 23.2 Å². The molecule has 10 nitrogen and oxygen atoms in total. The van der Waals surface area contributed by atoms with E-state index in [1.165, 1.54) is 6.33 Å². The molecule has 1 unspecified atom stereocenters. The highest BCUT2D eigenvalue weighted by Gasteiger charge is 2.45. The number of likely N-dealkylation sites (tertiary alicyclic amines) is 1. The third-order valence-electron chi connectivity index (χ3n) is 6.18. The van der Waals surface area contributed by atoms with Crippen LogP contribution >= 0.6 is 0 Å². The van der Waals surface area contributed by atoms with Crippen molar-refractivity contribution in [2.24, 2.45) is 0 Å². The van der Waals surface area contributed by atoms with Gasteiger partial charge in [0.1, 0.15) is 12.2 Å². The molecule has 30 heavy (non-hydrogen) atoms. The molecule has 0 radical (unpaired) electrons. The molecule has 0 aromatic carbocycles. The van der Waals surface area contributed by atoms with Crippen molar-refractivity contribution in [3.05, 3.63) is 52.5 Å². The Hall–Kier alpha value is -3.43. The van der Waals surface area contributed by atoms with Crippen molar-refractivity contribution in [1.29, 1.82) is 0 Å². The number of amides is 1. The number of hydrogen-bond acceptors (Lipinski definition) is 7. The highest BCUT2D eigenvalue weighted by Crippen LogP contribution is 2.43. The molecule has 1 atom stereocenters. The Kier molecular flexibility index (Phi) is 4.61. The van der Waals surface area contributed by atoms with Crippen LogP contribution in [0.1, 0.15) is 36.9 Å². The zero-order valence-electron chi connectivity index (χ0n) is 16.5. The largest absolute Gasteiger partial charge is 0.342 e. The Balaban J connectivity index is 1.41. The maximum absolute atomic E-state index is 12.8. The lowest BCUT2D eigenvalue weighted by Crippen LogP contribution is -2.48. The van der Waals surface area contributed by atoms with Crippen molar-refractivity contribution < 1.29 is 4.79 Å². The number of carbonyl (C=O) groups is 1. The van der Waals surface area contributed by atoms with Crippen LogP contribution in [0.4, 0.5) is 0 Å². The van der Waals surface area contributed by atoms with Crippen molar-refractivity contribution in [2.45, 2.75) is 44.1 Å². The Morgan fingerprint density at radius 1 is 1.30 bits per heavy atom. The number of hydrogen-bond donors (Lipinski definition) is 1. The Labute approximate surface area is 172 Å². The van der Waals surface area contributed by atoms with Crippen LogP contribution in [-0.4, -0.2) is 59.1 Å². The first-order valence-corrected chi connectivity index (χ1v) is 10.2. The smallest absolute Gasteiger partial charge is 0.254 e. The van der Waals surface area contributed by atoms with Gasteiger partial charge in [0.2, 0.25) is 5.91 Å². The average molecular weight is 406 g/mol. The summed E-state index contributed by atoms with van der Waals surface area (Å²) in [6.07, 6.45) is 8.60. The second-order valence-electron chi connectivity index (χ2n) is 8.01. The van der Waals surface area contributed by atoms with E-state index in [9.17, 15) is 9.59 Å². The molecule has 10 heteroatoms. The number of nitrogens with one attached hydrogen (secondary N) is 1. The number of aromatic nitrogens is 7. The number of aromatic amines is 1. The highest BCUT2D eigenvalue weighted by atomic mass is 16.2. The fraction of sp³-hybridized carbons (Fsp3) is 0.450. The second-order valence-corrected chi connectivity index (χ2v) is 8.01. The first-order chi connectivity index (χ1) is 14.6. The van der Waals surface area contributed by atoms with E-state index in [1.54, 1.807) is 17.1 Å². The van der Waals surface area contributed by atoms with Gasteiger partial charge in [0.25, 0.3) is 5.56 Å². The van der Waals surface area contributed by atoms with Gasteiger partial charge in [-0.05, 0) is 48.2 Å². The molecular formula is C20H22N8O2. The van der Waals surface area contributed by atoms with Crippen molar-refractivity contribution in [1.82, 2.24) is 40.1 Å². The van der Waals surface area contributed by atoms with Crippen LogP contribution in [0.2, 0.25) is 0 Å². The molecule has 1 saturated heterocycles. The van der Waals surface area contributed by atoms with E-state index in [4.69, 9.17) is 4.98 Å². The molecular weight excluding hydrogens is 384 g/mol.